The summed E-state index contributed by atoms with van der Waals surface area (Å²) < 4.78 is 26.4. The Morgan fingerprint density at radius 3 is 1.98 bits per heavy atom. The van der Waals surface area contributed by atoms with Crippen molar-refractivity contribution < 1.29 is 28.5 Å². The van der Waals surface area contributed by atoms with E-state index in [0.29, 0.717) is 28.8 Å². The van der Waals surface area contributed by atoms with Gasteiger partial charge in [-0.2, -0.15) is 6.07 Å². The van der Waals surface area contributed by atoms with Gasteiger partial charge in [0.2, 0.25) is 0 Å². The van der Waals surface area contributed by atoms with E-state index in [2.05, 4.69) is 158 Å². The summed E-state index contributed by atoms with van der Waals surface area (Å²) in [6, 6.07) is 39.1. The van der Waals surface area contributed by atoms with Gasteiger partial charge in [0.15, 0.2) is 0 Å². The molecule has 4 nitrogen and oxygen atoms in total. The minimum Gasteiger partial charge on any atom is -0.503 e. The Balaban J connectivity index is 0.00000585. The molecule has 0 saturated carbocycles. The minimum atomic E-state index is -1.66. The van der Waals surface area contributed by atoms with Gasteiger partial charge in [-0.15, -0.1) is 41.3 Å². The van der Waals surface area contributed by atoms with Crippen LogP contribution >= 0.6 is 0 Å². The normalized spacial score (nSPS) is 13.3. The van der Waals surface area contributed by atoms with E-state index >= 15 is 0 Å². The molecule has 0 aliphatic carbocycles. The maximum Gasteiger partial charge on any atom is 2.00 e. The molecule has 0 atom stereocenters. The van der Waals surface area contributed by atoms with Crippen LogP contribution in [0.5, 0.6) is 11.5 Å². The minimum absolute atomic E-state index is 0. The van der Waals surface area contributed by atoms with Gasteiger partial charge >= 0.3 is 21.1 Å². The van der Waals surface area contributed by atoms with Crippen LogP contribution in [0, 0.1) is 12.1 Å². The van der Waals surface area contributed by atoms with Crippen LogP contribution in [0.15, 0.2) is 103 Å². The van der Waals surface area contributed by atoms with Crippen LogP contribution in [0.2, 0.25) is 25.7 Å². The second-order valence-corrected chi connectivity index (χ2v) is 25.0. The predicted molar refractivity (Wildman–Crippen MR) is 239 cm³/mol. The second kappa shape index (κ2) is 15.8. The van der Waals surface area contributed by atoms with E-state index in [1.807, 2.05) is 36.5 Å². The van der Waals surface area contributed by atoms with Gasteiger partial charge in [-0.3, -0.25) is 0 Å². The van der Waals surface area contributed by atoms with Crippen LogP contribution in [0.3, 0.4) is 0 Å². The summed E-state index contributed by atoms with van der Waals surface area (Å²) in [5.74, 6) is 1.90. The molecule has 0 radical (unpaired) electrons. The summed E-state index contributed by atoms with van der Waals surface area (Å²) in [4.78, 5) is 9.52. The molecule has 0 fully saturated rings. The Morgan fingerprint density at radius 1 is 0.649 bits per heavy atom. The molecule has 0 spiro atoms. The summed E-state index contributed by atoms with van der Waals surface area (Å²) in [6.45, 7) is 26.9. The average Bonchev–Trinajstić information content (AvgIpc) is 3.46. The summed E-state index contributed by atoms with van der Waals surface area (Å²) in [5, 5.41) is 2.17. The number of ether oxygens (including phenoxy) is 1. The van der Waals surface area contributed by atoms with E-state index in [1.54, 1.807) is 12.3 Å². The van der Waals surface area contributed by atoms with Gasteiger partial charge < -0.3 is 14.3 Å². The van der Waals surface area contributed by atoms with Crippen LogP contribution in [-0.4, -0.2) is 22.6 Å². The summed E-state index contributed by atoms with van der Waals surface area (Å²) in [5.41, 5.74) is 10.1. The number of benzene rings is 4. The van der Waals surface area contributed by atoms with Crippen LogP contribution in [0.4, 0.5) is 0 Å². The third kappa shape index (κ3) is 9.53. The quantitative estimate of drug-likeness (QED) is 0.113. The van der Waals surface area contributed by atoms with Gasteiger partial charge in [-0.05, 0) is 85.8 Å². The zero-order chi connectivity index (χ0) is 42.0. The molecule has 0 N–H and O–H groups in total. The smallest absolute Gasteiger partial charge is 0.503 e. The van der Waals surface area contributed by atoms with Crippen molar-refractivity contribution in [2.24, 2.45) is 0 Å². The molecular weight excluding hydrogens is 894 g/mol. The van der Waals surface area contributed by atoms with Crippen molar-refractivity contribution in [3.63, 3.8) is 0 Å². The maximum atomic E-state index is 8.85. The number of rotatable bonds is 8. The van der Waals surface area contributed by atoms with Gasteiger partial charge in [0, 0.05) is 40.2 Å². The molecule has 3 aromatic heterocycles. The predicted octanol–water partition coefficient (Wildman–Crippen LogP) is 14.1. The van der Waals surface area contributed by atoms with E-state index in [4.69, 9.17) is 12.5 Å². The first-order valence-corrected chi connectivity index (χ1v) is 23.5. The Hall–Kier alpha value is -4.31. The molecule has 4 aromatic carbocycles. The Labute approximate surface area is 359 Å². The van der Waals surface area contributed by atoms with Crippen LogP contribution in [0.25, 0.3) is 50.0 Å². The molecule has 0 amide bonds. The third-order valence-electron chi connectivity index (χ3n) is 10.3. The third-order valence-corrected chi connectivity index (χ3v) is 11.6. The molecule has 0 unspecified atom stereocenters. The Bertz CT molecular complexity index is 2620. The average molecular weight is 953 g/mol. The molecule has 0 aliphatic heterocycles. The van der Waals surface area contributed by atoms with Gasteiger partial charge in [0.1, 0.15) is 5.82 Å². The van der Waals surface area contributed by atoms with Crippen molar-refractivity contribution in [1.82, 2.24) is 14.5 Å². The fourth-order valence-corrected chi connectivity index (χ4v) is 7.63. The van der Waals surface area contributed by atoms with E-state index in [1.165, 1.54) is 22.3 Å². The number of fused-ring (bicyclic) bond motifs is 3. The monoisotopic (exact) mass is 952 g/mol. The fraction of sp³-hybridized carbons (Fsp3) is 0.333. The molecule has 296 valence electrons. The van der Waals surface area contributed by atoms with E-state index in [9.17, 15) is 0 Å². The molecule has 7 rings (SSSR count). The topological polar surface area (TPSA) is 39.9 Å². The molecule has 0 saturated heterocycles. The molecule has 7 aromatic rings. The first-order valence-electron chi connectivity index (χ1n) is 20.8. The first-order chi connectivity index (χ1) is 27.0. The largest absolute Gasteiger partial charge is 2.00 e. The zero-order valence-corrected chi connectivity index (χ0v) is 38.9. The van der Waals surface area contributed by atoms with Gasteiger partial charge in [-0.25, -0.2) is 4.98 Å². The number of aromatic nitrogens is 3. The van der Waals surface area contributed by atoms with Crippen molar-refractivity contribution in [2.75, 3.05) is 0 Å². The van der Waals surface area contributed by atoms with Gasteiger partial charge in [0.05, 0.1) is 0 Å². The molecule has 6 heteroatoms. The number of hydrogen-bond acceptors (Lipinski definition) is 3. The second-order valence-electron chi connectivity index (χ2n) is 19.5. The maximum absolute atomic E-state index is 8.85. The van der Waals surface area contributed by atoms with Crippen LogP contribution < -0.4 is 4.74 Å². The number of pyridine rings is 2. The summed E-state index contributed by atoms with van der Waals surface area (Å²) in [6.07, 6.45) is 2.15. The summed E-state index contributed by atoms with van der Waals surface area (Å²) >= 11 is 0. The Morgan fingerprint density at radius 2 is 1.32 bits per heavy atom. The molecule has 3 heterocycles. The number of aryl methyl sites for hydroxylation is 1. The summed E-state index contributed by atoms with van der Waals surface area (Å²) in [7, 11) is -1.66. The molecule has 0 aliphatic rings. The number of hydrogen-bond donors (Lipinski definition) is 0. The van der Waals surface area contributed by atoms with Crippen LogP contribution in [-0.2, 0) is 43.7 Å². The van der Waals surface area contributed by atoms with Crippen molar-refractivity contribution in [1.29, 1.82) is 0 Å². The van der Waals surface area contributed by atoms with E-state index in [0.717, 1.165) is 38.8 Å². The van der Waals surface area contributed by atoms with Gasteiger partial charge in [-0.1, -0.05) is 142 Å². The van der Waals surface area contributed by atoms with E-state index < -0.39 is 14.4 Å². The SMILES string of the molecule is [2H]C([2H])(C[Si](C)(C)C)c1ccnc(-c2[c-]c(Oc3[c-]c4c(cc3)c3cc(-c5cc(C(C)(C)C)cc(C(C)(C)C)c5)ccc3n4-c3cc(C(C)(C)C)ccn3)ccc2)c1.[Pt+2]. The number of nitrogens with zero attached hydrogens (tertiary/aromatic N) is 3. The fourth-order valence-electron chi connectivity index (χ4n) is 6.90. The van der Waals surface area contributed by atoms with Crippen molar-refractivity contribution >= 4 is 29.9 Å². The van der Waals surface area contributed by atoms with Gasteiger partial charge in [0.25, 0.3) is 0 Å². The van der Waals surface area contributed by atoms with Crippen molar-refractivity contribution in [2.45, 2.75) is 111 Å². The standard InChI is InChI=1S/C51H57N3OSi.Pt/c1-49(2,3)38-21-24-53-48(32-38)54-46-19-16-35(37-27-39(50(4,5)6)31-40(28-37)51(7,8)9)30-44(46)43-18-17-42(33-47(43)54)55-41-15-13-14-36(29-41)45-26-34(20-23-52-45)22-25-56(10,11)12;/h13-21,23-24,26-28,30-32H,22,25H2,1-12H3;/q-2;+2/i22D2;. The molecule has 57 heavy (non-hydrogen) atoms. The van der Waals surface area contributed by atoms with Crippen molar-refractivity contribution in [3.05, 3.63) is 138 Å². The molecule has 0 bridgehead atoms. The Kier molecular flexibility index (Phi) is 10.9. The molecular formula is C51H57N3OPtSi. The first kappa shape index (κ1) is 39.5. The van der Waals surface area contributed by atoms with Crippen molar-refractivity contribution in [3.8, 4) is 39.7 Å². The van der Waals surface area contributed by atoms with Crippen LogP contribution in [0.1, 0.15) is 87.3 Å². The zero-order valence-electron chi connectivity index (χ0n) is 37.6. The van der Waals surface area contributed by atoms with E-state index in [-0.39, 0.29) is 37.3 Å².